The van der Waals surface area contributed by atoms with Crippen LogP contribution in [0.2, 0.25) is 0 Å². The number of anilines is 1. The van der Waals surface area contributed by atoms with Crippen LogP contribution in [0.25, 0.3) is 0 Å². The normalized spacial score (nSPS) is 9.76. The summed E-state index contributed by atoms with van der Waals surface area (Å²) in [5.41, 5.74) is 2.72. The third-order valence-electron chi connectivity index (χ3n) is 2.96. The van der Waals surface area contributed by atoms with Crippen molar-refractivity contribution in [3.8, 4) is 11.8 Å². The van der Waals surface area contributed by atoms with Crippen LogP contribution in [-0.2, 0) is 0 Å². The van der Waals surface area contributed by atoms with Gasteiger partial charge in [0.1, 0.15) is 5.75 Å². The first kappa shape index (κ1) is 14.6. The van der Waals surface area contributed by atoms with E-state index in [1.165, 1.54) is 0 Å². The molecule has 0 aliphatic heterocycles. The maximum absolute atomic E-state index is 12.2. The Labute approximate surface area is 124 Å². The van der Waals surface area contributed by atoms with E-state index in [2.05, 4.69) is 5.32 Å². The van der Waals surface area contributed by atoms with Crippen molar-refractivity contribution < 1.29 is 9.53 Å². The van der Waals surface area contributed by atoms with E-state index in [9.17, 15) is 4.79 Å². The molecule has 0 bridgehead atoms. The van der Waals surface area contributed by atoms with Gasteiger partial charge in [-0.3, -0.25) is 4.79 Å². The van der Waals surface area contributed by atoms with E-state index in [1.807, 2.05) is 38.1 Å². The average Bonchev–Trinajstić information content (AvgIpc) is 2.50. The molecule has 1 amide bonds. The number of ether oxygens (including phenoxy) is 1. The van der Waals surface area contributed by atoms with Crippen LogP contribution >= 0.6 is 0 Å². The third kappa shape index (κ3) is 3.61. The Balaban J connectivity index is 2.20. The van der Waals surface area contributed by atoms with Gasteiger partial charge in [-0.1, -0.05) is 6.07 Å². The van der Waals surface area contributed by atoms with Gasteiger partial charge in [0, 0.05) is 5.56 Å². The van der Waals surface area contributed by atoms with Gasteiger partial charge >= 0.3 is 0 Å². The highest BCUT2D eigenvalue weighted by atomic mass is 16.5. The van der Waals surface area contributed by atoms with Crippen molar-refractivity contribution in [3.05, 3.63) is 59.2 Å². The van der Waals surface area contributed by atoms with Crippen molar-refractivity contribution >= 4 is 11.6 Å². The summed E-state index contributed by atoms with van der Waals surface area (Å²) in [6, 6.07) is 14.1. The minimum Gasteiger partial charge on any atom is -0.492 e. The number of rotatable bonds is 4. The molecular formula is C17H16N2O2. The van der Waals surface area contributed by atoms with Gasteiger partial charge in [-0.05, 0) is 55.8 Å². The third-order valence-corrected chi connectivity index (χ3v) is 2.96. The molecule has 1 N–H and O–H groups in total. The molecule has 0 aliphatic rings. The van der Waals surface area contributed by atoms with Crippen LogP contribution in [0, 0.1) is 18.3 Å². The van der Waals surface area contributed by atoms with Crippen LogP contribution in [0.4, 0.5) is 5.69 Å². The second kappa shape index (κ2) is 6.58. The number of carbonyl (C=O) groups excluding carboxylic acids is 1. The summed E-state index contributed by atoms with van der Waals surface area (Å²) in [6.45, 7) is 4.40. The van der Waals surface area contributed by atoms with E-state index >= 15 is 0 Å². The lowest BCUT2D eigenvalue weighted by atomic mass is 10.1. The summed E-state index contributed by atoms with van der Waals surface area (Å²) in [5, 5.41) is 11.6. The molecule has 0 fully saturated rings. The van der Waals surface area contributed by atoms with Crippen LogP contribution in [0.5, 0.6) is 5.75 Å². The molecule has 2 aromatic rings. The molecule has 2 aromatic carbocycles. The maximum atomic E-state index is 12.2. The fraction of sp³-hybridized carbons (Fsp3) is 0.176. The Kier molecular flexibility index (Phi) is 4.57. The fourth-order valence-electron chi connectivity index (χ4n) is 1.90. The number of amides is 1. The molecule has 0 atom stereocenters. The summed E-state index contributed by atoms with van der Waals surface area (Å²) in [5.74, 6) is 0.420. The Bertz CT molecular complexity index is 685. The van der Waals surface area contributed by atoms with Crippen LogP contribution in [0.3, 0.4) is 0 Å². The predicted octanol–water partition coefficient (Wildman–Crippen LogP) is 3.52. The molecule has 4 nitrogen and oxygen atoms in total. The number of nitrogens with zero attached hydrogens (tertiary/aromatic N) is 1. The van der Waals surface area contributed by atoms with Gasteiger partial charge in [0.2, 0.25) is 0 Å². The monoisotopic (exact) mass is 280 g/mol. The number of hydrogen-bond acceptors (Lipinski definition) is 3. The van der Waals surface area contributed by atoms with E-state index in [4.69, 9.17) is 10.00 Å². The van der Waals surface area contributed by atoms with Crippen molar-refractivity contribution in [2.45, 2.75) is 13.8 Å². The minimum absolute atomic E-state index is 0.232. The molecule has 0 aromatic heterocycles. The second-order valence-electron chi connectivity index (χ2n) is 4.58. The molecule has 0 saturated carbocycles. The van der Waals surface area contributed by atoms with Gasteiger partial charge in [0.15, 0.2) is 0 Å². The van der Waals surface area contributed by atoms with Crippen molar-refractivity contribution in [3.63, 3.8) is 0 Å². The number of aryl methyl sites for hydroxylation is 1. The number of nitrogens with one attached hydrogen (secondary N) is 1. The molecule has 0 spiro atoms. The van der Waals surface area contributed by atoms with Gasteiger partial charge < -0.3 is 10.1 Å². The second-order valence-corrected chi connectivity index (χ2v) is 4.58. The lowest BCUT2D eigenvalue weighted by Gasteiger charge is -2.12. The Morgan fingerprint density at radius 3 is 2.57 bits per heavy atom. The van der Waals surface area contributed by atoms with Crippen LogP contribution in [-0.4, -0.2) is 12.5 Å². The molecular weight excluding hydrogens is 264 g/mol. The first-order chi connectivity index (χ1) is 10.1. The van der Waals surface area contributed by atoms with Gasteiger partial charge in [0.05, 0.1) is 23.9 Å². The van der Waals surface area contributed by atoms with Crippen LogP contribution in [0.1, 0.15) is 28.4 Å². The Hall–Kier alpha value is -2.80. The number of carbonyl (C=O) groups is 1. The van der Waals surface area contributed by atoms with Gasteiger partial charge in [-0.2, -0.15) is 5.26 Å². The smallest absolute Gasteiger partial charge is 0.255 e. The molecule has 0 aliphatic carbocycles. The zero-order valence-electron chi connectivity index (χ0n) is 12.0. The first-order valence-electron chi connectivity index (χ1n) is 6.69. The first-order valence-corrected chi connectivity index (χ1v) is 6.69. The van der Waals surface area contributed by atoms with E-state index in [-0.39, 0.29) is 5.91 Å². The summed E-state index contributed by atoms with van der Waals surface area (Å²) >= 11 is 0. The van der Waals surface area contributed by atoms with Crippen molar-refractivity contribution in [1.82, 2.24) is 0 Å². The molecule has 0 radical (unpaired) electrons. The summed E-state index contributed by atoms with van der Waals surface area (Å²) in [4.78, 5) is 12.2. The highest BCUT2D eigenvalue weighted by Crippen LogP contribution is 2.26. The number of nitriles is 1. The van der Waals surface area contributed by atoms with Crippen LogP contribution in [0.15, 0.2) is 42.5 Å². The molecule has 4 heteroatoms. The van der Waals surface area contributed by atoms with E-state index in [0.717, 1.165) is 5.56 Å². The number of benzene rings is 2. The van der Waals surface area contributed by atoms with Crippen molar-refractivity contribution in [2.75, 3.05) is 11.9 Å². The Morgan fingerprint density at radius 1 is 1.24 bits per heavy atom. The van der Waals surface area contributed by atoms with Gasteiger partial charge in [-0.25, -0.2) is 0 Å². The lowest BCUT2D eigenvalue weighted by molar-refractivity contribution is 0.102. The lowest BCUT2D eigenvalue weighted by Crippen LogP contribution is -2.13. The summed E-state index contributed by atoms with van der Waals surface area (Å²) < 4.78 is 5.53. The largest absolute Gasteiger partial charge is 0.492 e. The summed E-state index contributed by atoms with van der Waals surface area (Å²) in [6.07, 6.45) is 0. The molecule has 0 heterocycles. The van der Waals surface area contributed by atoms with Crippen molar-refractivity contribution in [1.29, 1.82) is 5.26 Å². The highest BCUT2D eigenvalue weighted by Gasteiger charge is 2.10. The zero-order valence-corrected chi connectivity index (χ0v) is 12.0. The van der Waals surface area contributed by atoms with E-state index in [1.54, 1.807) is 24.3 Å². The topological polar surface area (TPSA) is 62.1 Å². The highest BCUT2D eigenvalue weighted by molar-refractivity contribution is 6.05. The minimum atomic E-state index is -0.232. The average molecular weight is 280 g/mol. The SMILES string of the molecule is CCOc1cc(C)ccc1NC(=O)c1ccc(C#N)cc1. The molecule has 0 saturated heterocycles. The van der Waals surface area contributed by atoms with E-state index < -0.39 is 0 Å². The zero-order chi connectivity index (χ0) is 15.2. The van der Waals surface area contributed by atoms with Gasteiger partial charge in [-0.15, -0.1) is 0 Å². The standard InChI is InChI=1S/C17H16N2O2/c1-3-21-16-10-12(2)4-9-15(16)19-17(20)14-7-5-13(11-18)6-8-14/h4-10H,3H2,1-2H3,(H,19,20). The summed E-state index contributed by atoms with van der Waals surface area (Å²) in [7, 11) is 0. The molecule has 106 valence electrons. The molecule has 2 rings (SSSR count). The van der Waals surface area contributed by atoms with Crippen molar-refractivity contribution in [2.24, 2.45) is 0 Å². The Morgan fingerprint density at radius 2 is 1.95 bits per heavy atom. The van der Waals surface area contributed by atoms with E-state index in [0.29, 0.717) is 29.2 Å². The molecule has 0 unspecified atom stereocenters. The maximum Gasteiger partial charge on any atom is 0.255 e. The fourth-order valence-corrected chi connectivity index (χ4v) is 1.90. The van der Waals surface area contributed by atoms with Gasteiger partial charge in [0.25, 0.3) is 5.91 Å². The van der Waals surface area contributed by atoms with Crippen LogP contribution < -0.4 is 10.1 Å². The quantitative estimate of drug-likeness (QED) is 0.932. The molecule has 21 heavy (non-hydrogen) atoms. The number of hydrogen-bond donors (Lipinski definition) is 1. The predicted molar refractivity (Wildman–Crippen MR) is 81.5 cm³/mol.